The first-order valence-electron chi connectivity index (χ1n) is 8.99. The molecule has 140 valence electrons. The summed E-state index contributed by atoms with van der Waals surface area (Å²) in [5.41, 5.74) is 0.664. The quantitative estimate of drug-likeness (QED) is 0.885. The van der Waals surface area contributed by atoms with Crippen LogP contribution in [0.25, 0.3) is 0 Å². The van der Waals surface area contributed by atoms with Crippen molar-refractivity contribution in [3.63, 3.8) is 0 Å². The lowest BCUT2D eigenvalue weighted by atomic mass is 10.0. The van der Waals surface area contributed by atoms with E-state index in [0.717, 1.165) is 12.0 Å². The maximum Gasteiger partial charge on any atom is 0.410 e. The SMILES string of the molecule is CC(CC1COCCN1C(=O)OC(C)(C)C)N[C@@H](C)c1cccnc1. The molecular formula is C19H31N3O3. The molecule has 2 heterocycles. The van der Waals surface area contributed by atoms with E-state index in [1.807, 2.05) is 37.9 Å². The first-order chi connectivity index (χ1) is 11.8. The molecule has 0 bridgehead atoms. The number of hydrogen-bond donors (Lipinski definition) is 1. The first kappa shape index (κ1) is 19.7. The van der Waals surface area contributed by atoms with Crippen LogP contribution in [0.5, 0.6) is 0 Å². The average Bonchev–Trinajstić information content (AvgIpc) is 2.54. The molecule has 0 spiro atoms. The van der Waals surface area contributed by atoms with Crippen molar-refractivity contribution in [2.24, 2.45) is 0 Å². The molecular weight excluding hydrogens is 318 g/mol. The molecule has 2 unspecified atom stereocenters. The van der Waals surface area contributed by atoms with Crippen molar-refractivity contribution in [1.29, 1.82) is 0 Å². The zero-order valence-corrected chi connectivity index (χ0v) is 16.0. The minimum absolute atomic E-state index is 0.0206. The number of nitrogens with zero attached hydrogens (tertiary/aromatic N) is 2. The van der Waals surface area contributed by atoms with E-state index in [4.69, 9.17) is 9.47 Å². The average molecular weight is 349 g/mol. The summed E-state index contributed by atoms with van der Waals surface area (Å²) >= 11 is 0. The van der Waals surface area contributed by atoms with Gasteiger partial charge in [0.2, 0.25) is 0 Å². The molecule has 1 amide bonds. The van der Waals surface area contributed by atoms with Crippen molar-refractivity contribution >= 4 is 6.09 Å². The number of carbonyl (C=O) groups excluding carboxylic acids is 1. The number of pyridine rings is 1. The zero-order chi connectivity index (χ0) is 18.4. The molecule has 0 aromatic carbocycles. The number of carbonyl (C=O) groups is 1. The summed E-state index contributed by atoms with van der Waals surface area (Å²) < 4.78 is 11.1. The molecule has 1 aromatic heterocycles. The van der Waals surface area contributed by atoms with Gasteiger partial charge < -0.3 is 19.7 Å². The lowest BCUT2D eigenvalue weighted by Gasteiger charge is -2.38. The highest BCUT2D eigenvalue weighted by atomic mass is 16.6. The third kappa shape index (κ3) is 6.29. The number of ether oxygens (including phenoxy) is 2. The van der Waals surface area contributed by atoms with Gasteiger partial charge in [-0.2, -0.15) is 0 Å². The first-order valence-corrected chi connectivity index (χ1v) is 8.99. The Balaban J connectivity index is 1.92. The van der Waals surface area contributed by atoms with Gasteiger partial charge in [0, 0.05) is 31.0 Å². The molecule has 2 rings (SSSR count). The van der Waals surface area contributed by atoms with Gasteiger partial charge in [-0.05, 0) is 52.7 Å². The number of rotatable bonds is 5. The van der Waals surface area contributed by atoms with Crippen LogP contribution in [0, 0.1) is 0 Å². The normalized spacial score (nSPS) is 20.8. The minimum Gasteiger partial charge on any atom is -0.444 e. The molecule has 1 aliphatic rings. The van der Waals surface area contributed by atoms with E-state index in [1.165, 1.54) is 0 Å². The standard InChI is InChI=1S/C19H31N3O3/c1-14(21-15(2)16-7-6-8-20-12-16)11-17-13-24-10-9-22(17)18(23)25-19(3,4)5/h6-8,12,14-15,17,21H,9-11,13H2,1-5H3/t14?,15-,17?/m0/s1. The summed E-state index contributed by atoms with van der Waals surface area (Å²) in [6.07, 6.45) is 4.20. The highest BCUT2D eigenvalue weighted by molar-refractivity contribution is 5.68. The van der Waals surface area contributed by atoms with Crippen LogP contribution in [-0.4, -0.2) is 53.4 Å². The summed E-state index contributed by atoms with van der Waals surface area (Å²) in [7, 11) is 0. The van der Waals surface area contributed by atoms with Crippen molar-refractivity contribution in [2.75, 3.05) is 19.8 Å². The van der Waals surface area contributed by atoms with E-state index in [0.29, 0.717) is 19.8 Å². The summed E-state index contributed by atoms with van der Waals surface area (Å²) in [6.45, 7) is 11.6. The van der Waals surface area contributed by atoms with Crippen LogP contribution >= 0.6 is 0 Å². The fourth-order valence-electron chi connectivity index (χ4n) is 3.04. The molecule has 0 radical (unpaired) electrons. The van der Waals surface area contributed by atoms with Gasteiger partial charge in [-0.25, -0.2) is 4.79 Å². The number of hydrogen-bond acceptors (Lipinski definition) is 5. The van der Waals surface area contributed by atoms with E-state index >= 15 is 0 Å². The topological polar surface area (TPSA) is 63.7 Å². The van der Waals surface area contributed by atoms with Crippen molar-refractivity contribution in [3.05, 3.63) is 30.1 Å². The third-order valence-corrected chi connectivity index (χ3v) is 4.20. The van der Waals surface area contributed by atoms with Crippen molar-refractivity contribution in [1.82, 2.24) is 15.2 Å². The highest BCUT2D eigenvalue weighted by Crippen LogP contribution is 2.19. The maximum atomic E-state index is 12.5. The van der Waals surface area contributed by atoms with Crippen LogP contribution in [0.1, 0.15) is 52.6 Å². The molecule has 25 heavy (non-hydrogen) atoms. The van der Waals surface area contributed by atoms with Gasteiger partial charge >= 0.3 is 6.09 Å². The Morgan fingerprint density at radius 3 is 2.88 bits per heavy atom. The van der Waals surface area contributed by atoms with Gasteiger partial charge in [-0.1, -0.05) is 6.07 Å². The van der Waals surface area contributed by atoms with E-state index in [9.17, 15) is 4.79 Å². The number of amides is 1. The highest BCUT2D eigenvalue weighted by Gasteiger charge is 2.32. The fourth-order valence-corrected chi connectivity index (χ4v) is 3.04. The molecule has 0 aliphatic carbocycles. The van der Waals surface area contributed by atoms with Gasteiger partial charge in [0.05, 0.1) is 19.3 Å². The smallest absolute Gasteiger partial charge is 0.410 e. The molecule has 1 aliphatic heterocycles. The second-order valence-corrected chi connectivity index (χ2v) is 7.71. The van der Waals surface area contributed by atoms with Crippen LogP contribution in [0.2, 0.25) is 0 Å². The van der Waals surface area contributed by atoms with Gasteiger partial charge in [0.1, 0.15) is 5.60 Å². The van der Waals surface area contributed by atoms with Crippen LogP contribution in [0.3, 0.4) is 0 Å². The predicted molar refractivity (Wildman–Crippen MR) is 97.4 cm³/mol. The molecule has 6 nitrogen and oxygen atoms in total. The molecule has 3 atom stereocenters. The fraction of sp³-hybridized carbons (Fsp3) is 0.684. The number of aromatic nitrogens is 1. The zero-order valence-electron chi connectivity index (χ0n) is 16.0. The van der Waals surface area contributed by atoms with E-state index in [-0.39, 0.29) is 24.2 Å². The third-order valence-electron chi connectivity index (χ3n) is 4.20. The minimum atomic E-state index is -0.487. The monoisotopic (exact) mass is 349 g/mol. The Morgan fingerprint density at radius 1 is 1.48 bits per heavy atom. The Kier molecular flexibility index (Phi) is 6.79. The second kappa shape index (κ2) is 8.63. The Labute approximate surface area is 150 Å². The predicted octanol–water partition coefficient (Wildman–Crippen LogP) is 3.15. The lowest BCUT2D eigenvalue weighted by Crippen LogP contribution is -2.52. The van der Waals surface area contributed by atoms with Gasteiger partial charge in [0.25, 0.3) is 0 Å². The van der Waals surface area contributed by atoms with Gasteiger partial charge in [-0.3, -0.25) is 4.98 Å². The maximum absolute atomic E-state index is 12.5. The van der Waals surface area contributed by atoms with Crippen LogP contribution in [0.15, 0.2) is 24.5 Å². The lowest BCUT2D eigenvalue weighted by molar-refractivity contribution is -0.0357. The van der Waals surface area contributed by atoms with Crippen molar-refractivity contribution in [3.8, 4) is 0 Å². The molecule has 1 fully saturated rings. The number of morpholine rings is 1. The van der Waals surface area contributed by atoms with E-state index in [1.54, 1.807) is 6.20 Å². The molecule has 0 saturated carbocycles. The van der Waals surface area contributed by atoms with Crippen LogP contribution in [0.4, 0.5) is 4.79 Å². The Bertz CT molecular complexity index is 545. The summed E-state index contributed by atoms with van der Waals surface area (Å²) in [4.78, 5) is 18.4. The summed E-state index contributed by atoms with van der Waals surface area (Å²) in [5, 5.41) is 3.58. The molecule has 6 heteroatoms. The van der Waals surface area contributed by atoms with Crippen molar-refractivity contribution < 1.29 is 14.3 Å². The molecule has 1 aromatic rings. The summed E-state index contributed by atoms with van der Waals surface area (Å²) in [6, 6.07) is 4.45. The number of nitrogens with one attached hydrogen (secondary N) is 1. The van der Waals surface area contributed by atoms with E-state index in [2.05, 4.69) is 30.2 Å². The Hall–Kier alpha value is -1.66. The van der Waals surface area contributed by atoms with Gasteiger partial charge in [-0.15, -0.1) is 0 Å². The van der Waals surface area contributed by atoms with Gasteiger partial charge in [0.15, 0.2) is 0 Å². The summed E-state index contributed by atoms with van der Waals surface area (Å²) in [5.74, 6) is 0. The van der Waals surface area contributed by atoms with E-state index < -0.39 is 5.60 Å². The molecule has 1 N–H and O–H groups in total. The Morgan fingerprint density at radius 2 is 2.24 bits per heavy atom. The van der Waals surface area contributed by atoms with Crippen LogP contribution in [-0.2, 0) is 9.47 Å². The van der Waals surface area contributed by atoms with Crippen LogP contribution < -0.4 is 5.32 Å². The molecule has 1 saturated heterocycles. The largest absolute Gasteiger partial charge is 0.444 e. The van der Waals surface area contributed by atoms with Crippen molar-refractivity contribution in [2.45, 2.75) is 64.8 Å². The second-order valence-electron chi connectivity index (χ2n) is 7.71.